The summed E-state index contributed by atoms with van der Waals surface area (Å²) in [5.74, 6) is 0.517. The molecule has 1 aromatic carbocycles. The summed E-state index contributed by atoms with van der Waals surface area (Å²) in [6.45, 7) is 3.37. The highest BCUT2D eigenvalue weighted by atomic mass is 16.5. The van der Waals surface area contributed by atoms with Crippen molar-refractivity contribution >= 4 is 0 Å². The number of hydrogen-bond donors (Lipinski definition) is 1. The lowest BCUT2D eigenvalue weighted by atomic mass is 10.1. The molecule has 1 aromatic rings. The van der Waals surface area contributed by atoms with Gasteiger partial charge in [-0.2, -0.15) is 5.26 Å². The summed E-state index contributed by atoms with van der Waals surface area (Å²) in [6, 6.07) is 7.90. The number of nitrogens with zero attached hydrogens (tertiary/aromatic N) is 1. The van der Waals surface area contributed by atoms with E-state index in [0.29, 0.717) is 24.2 Å². The minimum atomic E-state index is 0.310. The van der Waals surface area contributed by atoms with E-state index in [4.69, 9.17) is 15.7 Å². The monoisotopic (exact) mass is 244 g/mol. The number of ether oxygens (including phenoxy) is 1. The van der Waals surface area contributed by atoms with E-state index in [2.05, 4.69) is 6.07 Å². The molecule has 0 saturated heterocycles. The second-order valence-corrected chi connectivity index (χ2v) is 5.03. The van der Waals surface area contributed by atoms with Crippen LogP contribution in [0.4, 0.5) is 0 Å². The van der Waals surface area contributed by atoms with E-state index in [1.165, 1.54) is 12.8 Å². The average molecular weight is 244 g/mol. The summed E-state index contributed by atoms with van der Waals surface area (Å²) in [6.07, 6.45) is 3.84. The van der Waals surface area contributed by atoms with Crippen molar-refractivity contribution in [1.29, 1.82) is 5.26 Å². The normalized spacial score (nSPS) is 22.9. The molecule has 1 saturated carbocycles. The van der Waals surface area contributed by atoms with Crippen molar-refractivity contribution in [2.75, 3.05) is 6.54 Å². The first-order valence-corrected chi connectivity index (χ1v) is 6.56. The van der Waals surface area contributed by atoms with Gasteiger partial charge < -0.3 is 10.5 Å². The molecular formula is C15H20N2O. The lowest BCUT2D eigenvalue weighted by Gasteiger charge is -2.19. The molecule has 2 rings (SSSR count). The third-order valence-corrected chi connectivity index (χ3v) is 3.82. The van der Waals surface area contributed by atoms with Gasteiger partial charge in [-0.1, -0.05) is 12.5 Å². The van der Waals surface area contributed by atoms with Crippen LogP contribution >= 0.6 is 0 Å². The van der Waals surface area contributed by atoms with Gasteiger partial charge in [0.15, 0.2) is 0 Å². The number of rotatable bonds is 4. The summed E-state index contributed by atoms with van der Waals surface area (Å²) in [4.78, 5) is 0. The third kappa shape index (κ3) is 2.90. The maximum absolute atomic E-state index is 8.83. The second kappa shape index (κ2) is 5.99. The van der Waals surface area contributed by atoms with Gasteiger partial charge in [0.25, 0.3) is 0 Å². The molecule has 1 aliphatic carbocycles. The van der Waals surface area contributed by atoms with Crippen molar-refractivity contribution in [3.63, 3.8) is 0 Å². The molecule has 1 aliphatic rings. The summed E-state index contributed by atoms with van der Waals surface area (Å²) in [7, 11) is 0. The van der Waals surface area contributed by atoms with Gasteiger partial charge in [-0.25, -0.2) is 0 Å². The molecular weight excluding hydrogens is 224 g/mol. The zero-order chi connectivity index (χ0) is 13.0. The number of benzene rings is 1. The van der Waals surface area contributed by atoms with Gasteiger partial charge in [0, 0.05) is 0 Å². The molecule has 3 heteroatoms. The van der Waals surface area contributed by atoms with Gasteiger partial charge in [0.05, 0.1) is 24.3 Å². The lowest BCUT2D eigenvalue weighted by molar-refractivity contribution is 0.0180. The molecule has 96 valence electrons. The Balaban J connectivity index is 1.96. The van der Waals surface area contributed by atoms with Gasteiger partial charge in [0.1, 0.15) is 0 Å². The molecule has 0 heterocycles. The minimum Gasteiger partial charge on any atom is -0.373 e. The van der Waals surface area contributed by atoms with Crippen LogP contribution in [0.5, 0.6) is 0 Å². The van der Waals surface area contributed by atoms with E-state index < -0.39 is 0 Å². The van der Waals surface area contributed by atoms with E-state index in [0.717, 1.165) is 24.1 Å². The molecule has 1 fully saturated rings. The Hall–Kier alpha value is -1.37. The largest absolute Gasteiger partial charge is 0.373 e. The minimum absolute atomic E-state index is 0.310. The average Bonchev–Trinajstić information content (AvgIpc) is 2.84. The quantitative estimate of drug-likeness (QED) is 0.885. The van der Waals surface area contributed by atoms with Crippen LogP contribution in [0.15, 0.2) is 18.2 Å². The van der Waals surface area contributed by atoms with E-state index >= 15 is 0 Å². The van der Waals surface area contributed by atoms with Gasteiger partial charge in [0.2, 0.25) is 0 Å². The van der Waals surface area contributed by atoms with E-state index in [-0.39, 0.29) is 0 Å². The highest BCUT2D eigenvalue weighted by Crippen LogP contribution is 2.28. The van der Waals surface area contributed by atoms with Crippen molar-refractivity contribution in [1.82, 2.24) is 0 Å². The van der Waals surface area contributed by atoms with Crippen LogP contribution < -0.4 is 5.73 Å². The summed E-state index contributed by atoms with van der Waals surface area (Å²) < 4.78 is 5.98. The van der Waals surface area contributed by atoms with Crippen LogP contribution in [0, 0.1) is 24.2 Å². The molecule has 0 aliphatic heterocycles. The number of aryl methyl sites for hydroxylation is 1. The van der Waals surface area contributed by atoms with Crippen molar-refractivity contribution in [2.45, 2.75) is 38.9 Å². The summed E-state index contributed by atoms with van der Waals surface area (Å²) in [5.41, 5.74) is 8.74. The number of nitrogens with two attached hydrogens (primary N) is 1. The first-order chi connectivity index (χ1) is 8.74. The van der Waals surface area contributed by atoms with Crippen molar-refractivity contribution in [3.8, 4) is 6.07 Å². The Morgan fingerprint density at radius 2 is 2.28 bits per heavy atom. The van der Waals surface area contributed by atoms with Crippen molar-refractivity contribution in [2.24, 2.45) is 11.7 Å². The van der Waals surface area contributed by atoms with Crippen LogP contribution in [0.3, 0.4) is 0 Å². The summed E-state index contributed by atoms with van der Waals surface area (Å²) >= 11 is 0. The van der Waals surface area contributed by atoms with E-state index in [9.17, 15) is 0 Å². The zero-order valence-electron chi connectivity index (χ0n) is 10.9. The SMILES string of the molecule is Cc1cc(C#N)ccc1COC1CCCC1CN. The molecule has 18 heavy (non-hydrogen) atoms. The Morgan fingerprint density at radius 3 is 2.94 bits per heavy atom. The predicted octanol–water partition coefficient (Wildman–Crippen LogP) is 2.51. The molecule has 0 radical (unpaired) electrons. The van der Waals surface area contributed by atoms with Crippen molar-refractivity contribution < 1.29 is 4.74 Å². The van der Waals surface area contributed by atoms with Crippen molar-refractivity contribution in [3.05, 3.63) is 34.9 Å². The maximum Gasteiger partial charge on any atom is 0.0991 e. The number of nitriles is 1. The van der Waals surface area contributed by atoms with E-state index in [1.807, 2.05) is 25.1 Å². The molecule has 0 amide bonds. The molecule has 2 unspecified atom stereocenters. The van der Waals surface area contributed by atoms with E-state index in [1.54, 1.807) is 0 Å². The smallest absolute Gasteiger partial charge is 0.0991 e. The molecule has 2 atom stereocenters. The topological polar surface area (TPSA) is 59.0 Å². The van der Waals surface area contributed by atoms with Gasteiger partial charge in [-0.15, -0.1) is 0 Å². The molecule has 3 nitrogen and oxygen atoms in total. The van der Waals surface area contributed by atoms with Gasteiger partial charge in [-0.05, 0) is 55.5 Å². The Bertz CT molecular complexity index is 450. The second-order valence-electron chi connectivity index (χ2n) is 5.03. The molecule has 2 N–H and O–H groups in total. The third-order valence-electron chi connectivity index (χ3n) is 3.82. The van der Waals surface area contributed by atoms with Crippen LogP contribution in [-0.4, -0.2) is 12.6 Å². The predicted molar refractivity (Wildman–Crippen MR) is 70.9 cm³/mol. The fraction of sp³-hybridized carbons (Fsp3) is 0.533. The van der Waals surface area contributed by atoms with Crippen LogP contribution in [0.25, 0.3) is 0 Å². The Morgan fingerprint density at radius 1 is 1.44 bits per heavy atom. The molecule has 0 bridgehead atoms. The van der Waals surface area contributed by atoms with Crippen LogP contribution in [-0.2, 0) is 11.3 Å². The summed E-state index contributed by atoms with van der Waals surface area (Å²) in [5, 5.41) is 8.83. The van der Waals surface area contributed by atoms with Crippen LogP contribution in [0.2, 0.25) is 0 Å². The molecule has 0 aromatic heterocycles. The van der Waals surface area contributed by atoms with Gasteiger partial charge >= 0.3 is 0 Å². The van der Waals surface area contributed by atoms with Gasteiger partial charge in [-0.3, -0.25) is 0 Å². The first-order valence-electron chi connectivity index (χ1n) is 6.56. The Kier molecular flexibility index (Phi) is 4.35. The highest BCUT2D eigenvalue weighted by molar-refractivity contribution is 5.37. The first kappa shape index (κ1) is 13.1. The van der Waals surface area contributed by atoms with Crippen LogP contribution in [0.1, 0.15) is 36.0 Å². The molecule has 0 spiro atoms. The fourth-order valence-corrected chi connectivity index (χ4v) is 2.62. The lowest BCUT2D eigenvalue weighted by Crippen LogP contribution is -2.25. The standard InChI is InChI=1S/C15H20N2O/c1-11-7-12(8-16)5-6-14(11)10-18-15-4-2-3-13(15)9-17/h5-7,13,15H,2-4,9-10,17H2,1H3. The Labute approximate surface area is 109 Å². The highest BCUT2D eigenvalue weighted by Gasteiger charge is 2.26. The fourth-order valence-electron chi connectivity index (χ4n) is 2.62. The zero-order valence-corrected chi connectivity index (χ0v) is 10.9. The maximum atomic E-state index is 8.83. The number of hydrogen-bond acceptors (Lipinski definition) is 3.